The van der Waals surface area contributed by atoms with E-state index >= 15 is 0 Å². The Labute approximate surface area is 156 Å². The van der Waals surface area contributed by atoms with Crippen molar-refractivity contribution in [2.45, 2.75) is 32.6 Å². The Morgan fingerprint density at radius 3 is 2.80 bits per heavy atom. The number of methoxy groups -OCH3 is 1. The van der Waals surface area contributed by atoms with Gasteiger partial charge in [-0.15, -0.1) is 0 Å². The zero-order valence-electron chi connectivity index (χ0n) is 15.3. The lowest BCUT2D eigenvalue weighted by Crippen LogP contribution is -2.38. The van der Waals surface area contributed by atoms with E-state index in [1.807, 2.05) is 6.07 Å². The van der Waals surface area contributed by atoms with Crippen molar-refractivity contribution in [1.82, 2.24) is 10.2 Å². The molecule has 1 aliphatic heterocycles. The molecule has 1 aromatic rings. The molecule has 5 nitrogen and oxygen atoms in total. The van der Waals surface area contributed by atoms with Gasteiger partial charge in [0.15, 0.2) is 0 Å². The molecule has 1 atom stereocenters. The van der Waals surface area contributed by atoms with Crippen LogP contribution in [0, 0.1) is 5.92 Å². The van der Waals surface area contributed by atoms with Crippen molar-refractivity contribution >= 4 is 23.2 Å². The lowest BCUT2D eigenvalue weighted by Gasteiger charge is -2.29. The molecule has 0 aromatic heterocycles. The highest BCUT2D eigenvalue weighted by atomic mass is 35.5. The maximum Gasteiger partial charge on any atom is 0.221 e. The van der Waals surface area contributed by atoms with Crippen LogP contribution >= 0.6 is 11.6 Å². The fourth-order valence-electron chi connectivity index (χ4n) is 3.15. The van der Waals surface area contributed by atoms with Gasteiger partial charge in [-0.1, -0.05) is 24.9 Å². The summed E-state index contributed by atoms with van der Waals surface area (Å²) in [5.41, 5.74) is 0.807. The molecule has 1 saturated heterocycles. The van der Waals surface area contributed by atoms with E-state index in [9.17, 15) is 4.79 Å². The first-order chi connectivity index (χ1) is 12.1. The Hall–Kier alpha value is -1.46. The third-order valence-electron chi connectivity index (χ3n) is 4.50. The first-order valence-electron chi connectivity index (χ1n) is 9.15. The number of nitrogens with one attached hydrogen (secondary N) is 2. The van der Waals surface area contributed by atoms with Gasteiger partial charge < -0.3 is 20.3 Å². The van der Waals surface area contributed by atoms with Gasteiger partial charge in [-0.3, -0.25) is 4.79 Å². The molecule has 0 radical (unpaired) electrons. The molecule has 1 fully saturated rings. The number of hydrogen-bond acceptors (Lipinski definition) is 4. The molecule has 6 heteroatoms. The number of benzene rings is 1. The highest BCUT2D eigenvalue weighted by molar-refractivity contribution is 6.30. The molecule has 1 amide bonds. The second kappa shape index (κ2) is 10.5. The lowest BCUT2D eigenvalue weighted by molar-refractivity contribution is -0.121. The molecule has 1 aliphatic rings. The Balaban J connectivity index is 1.64. The van der Waals surface area contributed by atoms with E-state index in [-0.39, 0.29) is 5.91 Å². The maximum atomic E-state index is 12.0. The van der Waals surface area contributed by atoms with Crippen LogP contribution in [0.3, 0.4) is 0 Å². The van der Waals surface area contributed by atoms with Crippen LogP contribution in [-0.4, -0.2) is 50.6 Å². The van der Waals surface area contributed by atoms with Crippen molar-refractivity contribution in [2.75, 3.05) is 45.2 Å². The minimum Gasteiger partial charge on any atom is -0.495 e. The lowest BCUT2D eigenvalue weighted by atomic mass is 10.1. The van der Waals surface area contributed by atoms with Gasteiger partial charge in [0.05, 0.1) is 12.8 Å². The van der Waals surface area contributed by atoms with Crippen LogP contribution in [0.15, 0.2) is 18.2 Å². The van der Waals surface area contributed by atoms with Gasteiger partial charge in [0.1, 0.15) is 5.75 Å². The molecule has 25 heavy (non-hydrogen) atoms. The van der Waals surface area contributed by atoms with Crippen LogP contribution in [0.2, 0.25) is 5.02 Å². The van der Waals surface area contributed by atoms with E-state index in [4.69, 9.17) is 16.3 Å². The summed E-state index contributed by atoms with van der Waals surface area (Å²) in [5, 5.41) is 6.88. The highest BCUT2D eigenvalue weighted by Crippen LogP contribution is 2.27. The van der Waals surface area contributed by atoms with Crippen LogP contribution in [-0.2, 0) is 4.79 Å². The van der Waals surface area contributed by atoms with Crippen molar-refractivity contribution in [3.63, 3.8) is 0 Å². The molecule has 0 aliphatic carbocycles. The smallest absolute Gasteiger partial charge is 0.221 e. The van der Waals surface area contributed by atoms with Crippen molar-refractivity contribution in [3.05, 3.63) is 23.2 Å². The number of amides is 1. The normalized spacial score (nSPS) is 16.3. The summed E-state index contributed by atoms with van der Waals surface area (Å²) >= 11 is 6.00. The maximum absolute atomic E-state index is 12.0. The number of nitrogens with zero attached hydrogens (tertiary/aromatic N) is 1. The van der Waals surface area contributed by atoms with Gasteiger partial charge in [-0.2, -0.15) is 0 Å². The minimum absolute atomic E-state index is 0.0685. The van der Waals surface area contributed by atoms with E-state index in [1.165, 1.54) is 32.4 Å². The van der Waals surface area contributed by atoms with Crippen LogP contribution < -0.4 is 15.4 Å². The molecule has 0 saturated carbocycles. The summed E-state index contributed by atoms with van der Waals surface area (Å²) < 4.78 is 5.28. The average molecular weight is 368 g/mol. The number of piperidine rings is 1. The zero-order valence-corrected chi connectivity index (χ0v) is 16.1. The van der Waals surface area contributed by atoms with E-state index in [0.717, 1.165) is 24.5 Å². The molecule has 1 unspecified atom stereocenters. The van der Waals surface area contributed by atoms with E-state index in [0.29, 0.717) is 23.9 Å². The predicted molar refractivity (Wildman–Crippen MR) is 104 cm³/mol. The molecule has 1 heterocycles. The summed E-state index contributed by atoms with van der Waals surface area (Å²) in [6.07, 6.45) is 4.38. The average Bonchev–Trinajstić information content (AvgIpc) is 2.61. The van der Waals surface area contributed by atoms with Crippen molar-refractivity contribution in [3.8, 4) is 5.75 Å². The number of rotatable bonds is 9. The molecule has 0 bridgehead atoms. The molecule has 140 valence electrons. The Kier molecular flexibility index (Phi) is 8.35. The molecule has 0 spiro atoms. The number of likely N-dealkylation sites (tertiary alicyclic amines) is 1. The topological polar surface area (TPSA) is 53.6 Å². The monoisotopic (exact) mass is 367 g/mol. The highest BCUT2D eigenvalue weighted by Gasteiger charge is 2.14. The predicted octanol–water partition coefficient (Wildman–Crippen LogP) is 3.39. The molecular formula is C19H30ClN3O2. The third kappa shape index (κ3) is 7.12. The second-order valence-electron chi connectivity index (χ2n) is 6.79. The number of carbonyl (C=O) groups excluding carboxylic acids is 1. The standard InChI is InChI=1S/C19H30ClN3O2/c1-15(14-23-10-4-3-5-11-23)13-22-19(24)8-9-21-17-12-16(20)6-7-18(17)25-2/h6-7,12,15,21H,3-5,8-11,13-14H2,1-2H3,(H,22,24). The quantitative estimate of drug-likeness (QED) is 0.702. The van der Waals surface area contributed by atoms with Gasteiger partial charge >= 0.3 is 0 Å². The summed E-state index contributed by atoms with van der Waals surface area (Å²) in [7, 11) is 1.62. The summed E-state index contributed by atoms with van der Waals surface area (Å²) in [6, 6.07) is 5.40. The number of ether oxygens (including phenoxy) is 1. The molecule has 2 N–H and O–H groups in total. The number of halogens is 1. The van der Waals surface area contributed by atoms with E-state index in [2.05, 4.69) is 22.5 Å². The summed E-state index contributed by atoms with van der Waals surface area (Å²) in [6.45, 7) is 6.94. The van der Waals surface area contributed by atoms with Crippen LogP contribution in [0.4, 0.5) is 5.69 Å². The van der Waals surface area contributed by atoms with Crippen LogP contribution in [0.1, 0.15) is 32.6 Å². The van der Waals surface area contributed by atoms with E-state index < -0.39 is 0 Å². The van der Waals surface area contributed by atoms with Crippen molar-refractivity contribution in [1.29, 1.82) is 0 Å². The largest absolute Gasteiger partial charge is 0.495 e. The van der Waals surface area contributed by atoms with E-state index in [1.54, 1.807) is 19.2 Å². The van der Waals surface area contributed by atoms with Crippen LogP contribution in [0.5, 0.6) is 5.75 Å². The fraction of sp³-hybridized carbons (Fsp3) is 0.632. The Morgan fingerprint density at radius 1 is 1.32 bits per heavy atom. The summed E-state index contributed by atoms with van der Waals surface area (Å²) in [5.74, 6) is 1.27. The SMILES string of the molecule is COc1ccc(Cl)cc1NCCC(=O)NCC(C)CN1CCCCC1. The third-order valence-corrected chi connectivity index (χ3v) is 4.73. The number of carbonyl (C=O) groups is 1. The number of hydrogen-bond donors (Lipinski definition) is 2. The van der Waals surface area contributed by atoms with Gasteiger partial charge in [0.2, 0.25) is 5.91 Å². The Bertz CT molecular complexity index is 547. The van der Waals surface area contributed by atoms with Gasteiger partial charge in [-0.25, -0.2) is 0 Å². The van der Waals surface area contributed by atoms with Gasteiger partial charge in [0, 0.05) is 31.1 Å². The second-order valence-corrected chi connectivity index (χ2v) is 7.23. The summed E-state index contributed by atoms with van der Waals surface area (Å²) in [4.78, 5) is 14.5. The van der Waals surface area contributed by atoms with Crippen molar-refractivity contribution in [2.24, 2.45) is 5.92 Å². The van der Waals surface area contributed by atoms with Crippen LogP contribution in [0.25, 0.3) is 0 Å². The minimum atomic E-state index is 0.0685. The first-order valence-corrected chi connectivity index (χ1v) is 9.52. The Morgan fingerprint density at radius 2 is 2.08 bits per heavy atom. The molecule has 2 rings (SSSR count). The molecule has 1 aromatic carbocycles. The van der Waals surface area contributed by atoms with Gasteiger partial charge in [0.25, 0.3) is 0 Å². The van der Waals surface area contributed by atoms with Gasteiger partial charge in [-0.05, 0) is 50.0 Å². The fourth-order valence-corrected chi connectivity index (χ4v) is 3.32. The molecular weight excluding hydrogens is 338 g/mol. The van der Waals surface area contributed by atoms with Crippen molar-refractivity contribution < 1.29 is 9.53 Å². The zero-order chi connectivity index (χ0) is 18.1. The number of anilines is 1. The first kappa shape index (κ1) is 19.9.